The van der Waals surface area contributed by atoms with Crippen LogP contribution in [0.1, 0.15) is 18.4 Å². The largest absolute Gasteiger partial charge is 0.383 e. The van der Waals surface area contributed by atoms with Crippen LogP contribution < -0.4 is 11.1 Å². The predicted molar refractivity (Wildman–Crippen MR) is 69.6 cm³/mol. The predicted octanol–water partition coefficient (Wildman–Crippen LogP) is 0.825. The van der Waals surface area contributed by atoms with Crippen molar-refractivity contribution in [2.75, 3.05) is 19.0 Å². The monoisotopic (exact) mass is 280 g/mol. The van der Waals surface area contributed by atoms with E-state index in [0.29, 0.717) is 5.13 Å². The first kappa shape index (κ1) is 16.2. The molecule has 1 heterocycles. The number of nitrogens with one attached hydrogen (secondary N) is 1. The van der Waals surface area contributed by atoms with E-state index in [4.69, 9.17) is 10.5 Å². The second-order valence-electron chi connectivity index (χ2n) is 3.30. The molecule has 3 N–H and O–H groups in total. The lowest BCUT2D eigenvalue weighted by Crippen LogP contribution is -2.39. The third-order valence-electron chi connectivity index (χ3n) is 1.84. The number of nitrogens with two attached hydrogens (primary N) is 1. The molecule has 98 valence electrons. The van der Waals surface area contributed by atoms with E-state index in [-0.39, 0.29) is 24.9 Å². The molecule has 1 unspecified atom stereocenters. The van der Waals surface area contributed by atoms with Crippen molar-refractivity contribution in [3.8, 4) is 0 Å². The average Bonchev–Trinajstić information content (AvgIpc) is 2.66. The van der Waals surface area contributed by atoms with Gasteiger partial charge in [0.15, 0.2) is 0 Å². The Morgan fingerprint density at radius 2 is 2.29 bits per heavy atom. The number of nitrogens with zero attached hydrogens (tertiary/aromatic N) is 2. The first-order valence-corrected chi connectivity index (χ1v) is 5.86. The highest BCUT2D eigenvalue weighted by Crippen LogP contribution is 2.16. The molecule has 1 aromatic rings. The topological polar surface area (TPSA) is 90.1 Å². The molecule has 1 amide bonds. The van der Waals surface area contributed by atoms with Crippen LogP contribution in [-0.4, -0.2) is 35.9 Å². The summed E-state index contributed by atoms with van der Waals surface area (Å²) in [6, 6.07) is -0.677. The molecule has 17 heavy (non-hydrogen) atoms. The molecule has 1 atom stereocenters. The zero-order valence-electron chi connectivity index (χ0n) is 9.80. The quantitative estimate of drug-likeness (QED) is 0.805. The number of hydrogen-bond donors (Lipinski definition) is 2. The normalized spacial score (nSPS) is 11.7. The summed E-state index contributed by atoms with van der Waals surface area (Å²) in [4.78, 5) is 11.5. The van der Waals surface area contributed by atoms with Crippen molar-refractivity contribution in [2.45, 2.75) is 25.8 Å². The molecule has 0 aromatic carbocycles. The smallest absolute Gasteiger partial charge is 0.245 e. The van der Waals surface area contributed by atoms with Crippen molar-refractivity contribution in [3.05, 3.63) is 5.01 Å². The maximum atomic E-state index is 11.5. The number of halogens is 1. The zero-order chi connectivity index (χ0) is 12.0. The SMILES string of the molecule is CCCc1nnc(NC(=O)C(N)COC)s1.Cl. The summed E-state index contributed by atoms with van der Waals surface area (Å²) in [6.45, 7) is 2.25. The minimum absolute atomic E-state index is 0. The van der Waals surface area contributed by atoms with E-state index in [2.05, 4.69) is 22.4 Å². The molecule has 0 bridgehead atoms. The lowest BCUT2D eigenvalue weighted by molar-refractivity contribution is -0.118. The fraction of sp³-hybridized carbons (Fsp3) is 0.667. The lowest BCUT2D eigenvalue weighted by Gasteiger charge is -2.08. The first-order valence-electron chi connectivity index (χ1n) is 5.05. The molecule has 8 heteroatoms. The molecule has 0 saturated heterocycles. The van der Waals surface area contributed by atoms with E-state index < -0.39 is 6.04 Å². The van der Waals surface area contributed by atoms with Crippen LogP contribution in [0.4, 0.5) is 5.13 Å². The van der Waals surface area contributed by atoms with Crippen molar-refractivity contribution >= 4 is 34.8 Å². The number of aromatic nitrogens is 2. The third-order valence-corrected chi connectivity index (χ3v) is 2.74. The van der Waals surface area contributed by atoms with Crippen LogP contribution >= 0.6 is 23.7 Å². The van der Waals surface area contributed by atoms with Crippen molar-refractivity contribution in [1.29, 1.82) is 0 Å². The van der Waals surface area contributed by atoms with E-state index in [1.807, 2.05) is 0 Å². The van der Waals surface area contributed by atoms with Crippen molar-refractivity contribution in [3.63, 3.8) is 0 Å². The molecule has 1 aromatic heterocycles. The van der Waals surface area contributed by atoms with Gasteiger partial charge in [-0.25, -0.2) is 0 Å². The number of carbonyl (C=O) groups excluding carboxylic acids is 1. The molecule has 0 fully saturated rings. The van der Waals surface area contributed by atoms with Crippen LogP contribution in [0, 0.1) is 0 Å². The molecule has 0 spiro atoms. The Morgan fingerprint density at radius 1 is 1.59 bits per heavy atom. The van der Waals surface area contributed by atoms with Crippen LogP contribution in [0.3, 0.4) is 0 Å². The van der Waals surface area contributed by atoms with Crippen LogP contribution in [0.15, 0.2) is 0 Å². The number of anilines is 1. The van der Waals surface area contributed by atoms with Crippen LogP contribution in [0.5, 0.6) is 0 Å². The lowest BCUT2D eigenvalue weighted by atomic mass is 10.3. The van der Waals surface area contributed by atoms with Gasteiger partial charge in [0, 0.05) is 13.5 Å². The van der Waals surface area contributed by atoms with Gasteiger partial charge in [0.05, 0.1) is 6.61 Å². The molecule has 0 saturated carbocycles. The van der Waals surface area contributed by atoms with Crippen LogP contribution in [0.25, 0.3) is 0 Å². The number of methoxy groups -OCH3 is 1. The van der Waals surface area contributed by atoms with Gasteiger partial charge in [-0.1, -0.05) is 18.3 Å². The number of rotatable bonds is 6. The molecule has 0 radical (unpaired) electrons. The Balaban J connectivity index is 0.00000256. The zero-order valence-corrected chi connectivity index (χ0v) is 11.4. The van der Waals surface area contributed by atoms with Gasteiger partial charge in [0.2, 0.25) is 11.0 Å². The van der Waals surface area contributed by atoms with E-state index in [1.54, 1.807) is 0 Å². The van der Waals surface area contributed by atoms with Gasteiger partial charge in [-0.2, -0.15) is 0 Å². The Bertz CT molecular complexity index is 347. The second-order valence-corrected chi connectivity index (χ2v) is 4.36. The van der Waals surface area contributed by atoms with Gasteiger partial charge in [-0.05, 0) is 6.42 Å². The molecule has 0 aliphatic heterocycles. The Labute approximate surface area is 110 Å². The highest BCUT2D eigenvalue weighted by molar-refractivity contribution is 7.15. The van der Waals surface area contributed by atoms with Gasteiger partial charge in [-0.15, -0.1) is 22.6 Å². The van der Waals surface area contributed by atoms with Gasteiger partial charge >= 0.3 is 0 Å². The van der Waals surface area contributed by atoms with Crippen molar-refractivity contribution in [2.24, 2.45) is 5.73 Å². The van der Waals surface area contributed by atoms with Crippen molar-refractivity contribution in [1.82, 2.24) is 10.2 Å². The second kappa shape index (κ2) is 8.35. The van der Waals surface area contributed by atoms with Gasteiger partial charge < -0.3 is 10.5 Å². The van der Waals surface area contributed by atoms with E-state index >= 15 is 0 Å². The van der Waals surface area contributed by atoms with E-state index in [1.165, 1.54) is 18.4 Å². The number of hydrogen-bond acceptors (Lipinski definition) is 6. The minimum atomic E-state index is -0.677. The average molecular weight is 281 g/mol. The summed E-state index contributed by atoms with van der Waals surface area (Å²) in [7, 11) is 1.50. The molecule has 0 aliphatic rings. The van der Waals surface area contributed by atoms with Gasteiger partial charge in [0.1, 0.15) is 11.0 Å². The Hall–Kier alpha value is -0.760. The number of carbonyl (C=O) groups is 1. The van der Waals surface area contributed by atoms with Gasteiger partial charge in [0.25, 0.3) is 0 Å². The minimum Gasteiger partial charge on any atom is -0.383 e. The summed E-state index contributed by atoms with van der Waals surface area (Å²) in [5.41, 5.74) is 5.56. The first-order chi connectivity index (χ1) is 7.67. The summed E-state index contributed by atoms with van der Waals surface area (Å²) in [5, 5.41) is 11.8. The fourth-order valence-corrected chi connectivity index (χ4v) is 1.92. The number of ether oxygens (including phenoxy) is 1. The number of aryl methyl sites for hydroxylation is 1. The highest BCUT2D eigenvalue weighted by atomic mass is 35.5. The summed E-state index contributed by atoms with van der Waals surface area (Å²) < 4.78 is 4.79. The molecular weight excluding hydrogens is 264 g/mol. The third kappa shape index (κ3) is 5.40. The summed E-state index contributed by atoms with van der Waals surface area (Å²) >= 11 is 1.37. The number of amides is 1. The van der Waals surface area contributed by atoms with Crippen molar-refractivity contribution < 1.29 is 9.53 Å². The maximum absolute atomic E-state index is 11.5. The molecular formula is C9H17ClN4O2S. The maximum Gasteiger partial charge on any atom is 0.245 e. The van der Waals surface area contributed by atoms with E-state index in [0.717, 1.165) is 17.8 Å². The van der Waals surface area contributed by atoms with Crippen LogP contribution in [-0.2, 0) is 16.0 Å². The Morgan fingerprint density at radius 3 is 2.88 bits per heavy atom. The van der Waals surface area contributed by atoms with Crippen LogP contribution in [0.2, 0.25) is 0 Å². The molecule has 1 rings (SSSR count). The standard InChI is InChI=1S/C9H16N4O2S.ClH/c1-3-4-7-12-13-9(16-7)11-8(14)6(10)5-15-2;/h6H,3-5,10H2,1-2H3,(H,11,13,14);1H. The van der Waals surface area contributed by atoms with E-state index in [9.17, 15) is 4.79 Å². The highest BCUT2D eigenvalue weighted by Gasteiger charge is 2.15. The Kier molecular flexibility index (Phi) is 7.98. The summed E-state index contributed by atoms with van der Waals surface area (Å²) in [6.07, 6.45) is 1.88. The summed E-state index contributed by atoms with van der Waals surface area (Å²) in [5.74, 6) is -0.305. The van der Waals surface area contributed by atoms with Gasteiger partial charge in [-0.3, -0.25) is 10.1 Å². The molecule has 0 aliphatic carbocycles. The molecule has 6 nitrogen and oxygen atoms in total. The fourth-order valence-electron chi connectivity index (χ4n) is 1.07.